The van der Waals surface area contributed by atoms with Crippen LogP contribution in [0.5, 0.6) is 0 Å². The molecule has 1 amide bonds. The van der Waals surface area contributed by atoms with Gasteiger partial charge in [0.2, 0.25) is 5.91 Å². The number of hydrogen-bond acceptors (Lipinski definition) is 3. The molecule has 2 aromatic carbocycles. The number of hydrogen-bond donors (Lipinski definition) is 1. The number of carbonyl (C=O) groups excluding carboxylic acids is 1. The zero-order valence-electron chi connectivity index (χ0n) is 12.2. The van der Waals surface area contributed by atoms with Crippen molar-refractivity contribution in [2.75, 3.05) is 31.6 Å². The first kappa shape index (κ1) is 14.0. The molecule has 0 radical (unpaired) electrons. The lowest BCUT2D eigenvalue weighted by molar-refractivity contribution is -0.122. The van der Waals surface area contributed by atoms with Gasteiger partial charge in [0.1, 0.15) is 0 Å². The van der Waals surface area contributed by atoms with Crippen molar-refractivity contribution in [3.63, 3.8) is 0 Å². The molecule has 1 aliphatic heterocycles. The van der Waals surface area contributed by atoms with Crippen molar-refractivity contribution in [3.05, 3.63) is 42.5 Å². The molecule has 0 spiro atoms. The van der Waals surface area contributed by atoms with Crippen LogP contribution in [0.2, 0.25) is 0 Å². The molecule has 1 N–H and O–H groups in total. The molecule has 1 saturated heterocycles. The Morgan fingerprint density at radius 3 is 2.62 bits per heavy atom. The molecule has 1 fully saturated rings. The Labute approximate surface area is 124 Å². The third-order valence-electron chi connectivity index (χ3n) is 3.99. The molecule has 4 nitrogen and oxygen atoms in total. The quantitative estimate of drug-likeness (QED) is 0.941. The first-order valence-corrected chi connectivity index (χ1v) is 7.35. The fourth-order valence-electron chi connectivity index (χ4n) is 2.64. The van der Waals surface area contributed by atoms with E-state index in [1.54, 1.807) is 0 Å². The van der Waals surface area contributed by atoms with Crippen molar-refractivity contribution in [1.82, 2.24) is 4.90 Å². The van der Waals surface area contributed by atoms with Gasteiger partial charge in [-0.2, -0.15) is 0 Å². The molecule has 21 heavy (non-hydrogen) atoms. The van der Waals surface area contributed by atoms with Crippen LogP contribution in [0.3, 0.4) is 0 Å². The standard InChI is InChI=1S/C17H20N2O2/c1-13(19-8-10-21-11-9-19)17(20)18-16-7-6-14-4-2-3-5-15(14)12-16/h2-7,12-13H,8-11H2,1H3,(H,18,20)/t13-/m1/s1. The van der Waals surface area contributed by atoms with E-state index < -0.39 is 0 Å². The Kier molecular flexibility index (Phi) is 4.18. The summed E-state index contributed by atoms with van der Waals surface area (Å²) in [5.74, 6) is 0.0344. The van der Waals surface area contributed by atoms with Crippen LogP contribution in [0.25, 0.3) is 10.8 Å². The second-order valence-electron chi connectivity index (χ2n) is 5.38. The highest BCUT2D eigenvalue weighted by Gasteiger charge is 2.23. The fourth-order valence-corrected chi connectivity index (χ4v) is 2.64. The van der Waals surface area contributed by atoms with Crippen LogP contribution >= 0.6 is 0 Å². The molecular formula is C17H20N2O2. The molecule has 0 unspecified atom stereocenters. The lowest BCUT2D eigenvalue weighted by atomic mass is 10.1. The molecule has 4 heteroatoms. The highest BCUT2D eigenvalue weighted by Crippen LogP contribution is 2.19. The maximum atomic E-state index is 12.4. The largest absolute Gasteiger partial charge is 0.379 e. The number of fused-ring (bicyclic) bond motifs is 1. The Morgan fingerprint density at radius 1 is 1.14 bits per heavy atom. The van der Waals surface area contributed by atoms with Crippen LogP contribution in [-0.4, -0.2) is 43.2 Å². The molecule has 110 valence electrons. The van der Waals surface area contributed by atoms with Gasteiger partial charge in [0.25, 0.3) is 0 Å². The van der Waals surface area contributed by atoms with Crippen molar-refractivity contribution in [1.29, 1.82) is 0 Å². The minimum absolute atomic E-state index is 0.0344. The van der Waals surface area contributed by atoms with Crippen molar-refractivity contribution < 1.29 is 9.53 Å². The number of benzene rings is 2. The summed E-state index contributed by atoms with van der Waals surface area (Å²) in [4.78, 5) is 14.5. The van der Waals surface area contributed by atoms with E-state index in [4.69, 9.17) is 4.74 Å². The highest BCUT2D eigenvalue weighted by molar-refractivity contribution is 5.97. The first-order valence-electron chi connectivity index (χ1n) is 7.35. The van der Waals surface area contributed by atoms with E-state index >= 15 is 0 Å². The van der Waals surface area contributed by atoms with Gasteiger partial charge in [-0.15, -0.1) is 0 Å². The Balaban J connectivity index is 1.70. The Morgan fingerprint density at radius 2 is 1.86 bits per heavy atom. The molecule has 0 bridgehead atoms. The molecule has 3 rings (SSSR count). The predicted molar refractivity (Wildman–Crippen MR) is 84.4 cm³/mol. The number of carbonyl (C=O) groups is 1. The molecule has 1 atom stereocenters. The Bertz CT molecular complexity index is 635. The lowest BCUT2D eigenvalue weighted by Gasteiger charge is -2.31. The van der Waals surface area contributed by atoms with Gasteiger partial charge in [0.15, 0.2) is 0 Å². The van der Waals surface area contributed by atoms with Gasteiger partial charge in [0.05, 0.1) is 19.3 Å². The summed E-state index contributed by atoms with van der Waals surface area (Å²) in [5.41, 5.74) is 0.846. The monoisotopic (exact) mass is 284 g/mol. The number of nitrogens with one attached hydrogen (secondary N) is 1. The zero-order valence-corrected chi connectivity index (χ0v) is 12.2. The molecule has 2 aromatic rings. The smallest absolute Gasteiger partial charge is 0.241 e. The predicted octanol–water partition coefficient (Wildman–Crippen LogP) is 2.50. The van der Waals surface area contributed by atoms with Crippen molar-refractivity contribution >= 4 is 22.4 Å². The van der Waals surface area contributed by atoms with Crippen LogP contribution in [0.4, 0.5) is 5.69 Å². The summed E-state index contributed by atoms with van der Waals surface area (Å²) in [6.45, 7) is 4.97. The minimum Gasteiger partial charge on any atom is -0.379 e. The summed E-state index contributed by atoms with van der Waals surface area (Å²) in [6, 6.07) is 14.0. The molecule has 1 aliphatic rings. The number of anilines is 1. The number of nitrogens with zero attached hydrogens (tertiary/aromatic N) is 1. The van der Waals surface area contributed by atoms with E-state index in [0.717, 1.165) is 24.2 Å². The maximum Gasteiger partial charge on any atom is 0.241 e. The summed E-state index contributed by atoms with van der Waals surface area (Å²) < 4.78 is 5.32. The zero-order chi connectivity index (χ0) is 14.7. The highest BCUT2D eigenvalue weighted by atomic mass is 16.5. The first-order chi connectivity index (χ1) is 10.2. The van der Waals surface area contributed by atoms with E-state index in [0.29, 0.717) is 13.2 Å². The van der Waals surface area contributed by atoms with Crippen molar-refractivity contribution in [2.24, 2.45) is 0 Å². The van der Waals surface area contributed by atoms with Crippen molar-refractivity contribution in [3.8, 4) is 0 Å². The van der Waals surface area contributed by atoms with Crippen LogP contribution in [0.15, 0.2) is 42.5 Å². The van der Waals surface area contributed by atoms with Crippen molar-refractivity contribution in [2.45, 2.75) is 13.0 Å². The number of morpholine rings is 1. The summed E-state index contributed by atoms with van der Waals surface area (Å²) in [7, 11) is 0. The third kappa shape index (κ3) is 3.23. The van der Waals surface area contributed by atoms with Gasteiger partial charge in [-0.3, -0.25) is 9.69 Å². The topological polar surface area (TPSA) is 41.6 Å². The van der Waals surface area contributed by atoms with Crippen LogP contribution in [0.1, 0.15) is 6.92 Å². The van der Waals surface area contributed by atoms with E-state index in [1.165, 1.54) is 5.39 Å². The van der Waals surface area contributed by atoms with Gasteiger partial charge >= 0.3 is 0 Å². The summed E-state index contributed by atoms with van der Waals surface area (Å²) in [6.07, 6.45) is 0. The van der Waals surface area contributed by atoms with E-state index in [1.807, 2.05) is 37.3 Å². The van der Waals surface area contributed by atoms with Gasteiger partial charge in [0, 0.05) is 18.8 Å². The summed E-state index contributed by atoms with van der Waals surface area (Å²) >= 11 is 0. The minimum atomic E-state index is -0.139. The molecule has 0 aromatic heterocycles. The number of ether oxygens (including phenoxy) is 1. The van der Waals surface area contributed by atoms with E-state index in [2.05, 4.69) is 22.3 Å². The van der Waals surface area contributed by atoms with Gasteiger partial charge < -0.3 is 10.1 Å². The second-order valence-corrected chi connectivity index (χ2v) is 5.38. The van der Waals surface area contributed by atoms with Gasteiger partial charge in [-0.25, -0.2) is 0 Å². The van der Waals surface area contributed by atoms with Crippen LogP contribution in [-0.2, 0) is 9.53 Å². The molecule has 0 saturated carbocycles. The van der Waals surface area contributed by atoms with Crippen LogP contribution in [0, 0.1) is 0 Å². The second kappa shape index (κ2) is 6.24. The van der Waals surface area contributed by atoms with E-state index in [-0.39, 0.29) is 11.9 Å². The molecule has 1 heterocycles. The number of rotatable bonds is 3. The molecule has 0 aliphatic carbocycles. The van der Waals surface area contributed by atoms with Crippen LogP contribution < -0.4 is 5.32 Å². The number of amides is 1. The SMILES string of the molecule is C[C@H](C(=O)Nc1ccc2ccccc2c1)N1CCOCC1. The lowest BCUT2D eigenvalue weighted by Crippen LogP contribution is -2.47. The average Bonchev–Trinajstić information content (AvgIpc) is 2.55. The maximum absolute atomic E-state index is 12.4. The van der Waals surface area contributed by atoms with Gasteiger partial charge in [-0.1, -0.05) is 30.3 Å². The van der Waals surface area contributed by atoms with E-state index in [9.17, 15) is 4.79 Å². The Hall–Kier alpha value is -1.91. The van der Waals surface area contributed by atoms with Gasteiger partial charge in [-0.05, 0) is 29.8 Å². The summed E-state index contributed by atoms with van der Waals surface area (Å²) in [5, 5.41) is 5.32. The fraction of sp³-hybridized carbons (Fsp3) is 0.353. The normalized spacial score (nSPS) is 17.6. The average molecular weight is 284 g/mol. The molecular weight excluding hydrogens is 264 g/mol. The third-order valence-corrected chi connectivity index (χ3v) is 3.99.